The van der Waals surface area contributed by atoms with Crippen LogP contribution in [0.25, 0.3) is 10.4 Å². The van der Waals surface area contributed by atoms with Crippen LogP contribution in [0, 0.1) is 0 Å². The second kappa shape index (κ2) is 8.59. The molecule has 3 rings (SSSR count). The average molecular weight is 470 g/mol. The molecule has 14 heteroatoms. The van der Waals surface area contributed by atoms with Gasteiger partial charge in [-0.3, -0.25) is 4.79 Å². The number of amides is 1. The van der Waals surface area contributed by atoms with Gasteiger partial charge in [-0.15, -0.1) is 11.3 Å². The summed E-state index contributed by atoms with van der Waals surface area (Å²) in [6.45, 7) is 0.878. The fourth-order valence-corrected chi connectivity index (χ4v) is 3.53. The number of rotatable bonds is 5. The van der Waals surface area contributed by atoms with E-state index in [0.717, 1.165) is 19.3 Å². The highest BCUT2D eigenvalue weighted by atomic mass is 32.1. The van der Waals surface area contributed by atoms with E-state index in [-0.39, 0.29) is 23.1 Å². The number of hydrogen-bond acceptors (Lipinski definition) is 7. The van der Waals surface area contributed by atoms with Gasteiger partial charge >= 0.3 is 12.4 Å². The molecule has 1 saturated heterocycles. The standard InChI is InChI=1S/C17H16F6N4O3S/c1-7(16(18,19)20)26-13-2-9(17(21,22)23)8(3-24-13)12-4-25-15(31-12)14(29)27-10-5-30-6-11(10)28/h2-4,7,10-11,28H,5-6H2,1H3,(H,24,26)(H,27,29)/t7-,10+,11+/m0/s1. The molecule has 2 aromatic heterocycles. The van der Waals surface area contributed by atoms with Gasteiger partial charge in [0, 0.05) is 18.0 Å². The fraction of sp³-hybridized carbons (Fsp3) is 0.471. The van der Waals surface area contributed by atoms with Gasteiger partial charge < -0.3 is 20.5 Å². The SMILES string of the molecule is C[C@H](Nc1cc(C(F)(F)F)c(-c2cnc(C(=O)N[C@@H]3COC[C@H]3O)s2)cn1)C(F)(F)F. The lowest BCUT2D eigenvalue weighted by Crippen LogP contribution is -2.42. The Balaban J connectivity index is 1.86. The second-order valence-corrected chi connectivity index (χ2v) is 7.77. The largest absolute Gasteiger partial charge is 0.417 e. The van der Waals surface area contributed by atoms with E-state index in [1.165, 1.54) is 0 Å². The van der Waals surface area contributed by atoms with Gasteiger partial charge in [0.15, 0.2) is 5.01 Å². The van der Waals surface area contributed by atoms with Crippen LogP contribution in [0.2, 0.25) is 0 Å². The number of pyridine rings is 1. The van der Waals surface area contributed by atoms with Crippen LogP contribution in [0.1, 0.15) is 22.3 Å². The number of ether oxygens (including phenoxy) is 1. The molecule has 0 aliphatic carbocycles. The molecule has 1 amide bonds. The van der Waals surface area contributed by atoms with Crippen molar-refractivity contribution in [3.63, 3.8) is 0 Å². The number of thiazole rings is 1. The normalized spacial score (nSPS) is 20.5. The molecule has 1 aliphatic rings. The molecule has 7 nitrogen and oxygen atoms in total. The summed E-state index contributed by atoms with van der Waals surface area (Å²) in [4.78, 5) is 19.7. The van der Waals surface area contributed by atoms with Crippen LogP contribution >= 0.6 is 11.3 Å². The summed E-state index contributed by atoms with van der Waals surface area (Å²) < 4.78 is 83.7. The fourth-order valence-electron chi connectivity index (χ4n) is 2.68. The maximum Gasteiger partial charge on any atom is 0.417 e. The molecule has 3 atom stereocenters. The first-order valence-electron chi connectivity index (χ1n) is 8.79. The molecule has 0 radical (unpaired) electrons. The Hall–Kier alpha value is -2.45. The summed E-state index contributed by atoms with van der Waals surface area (Å²) in [5.41, 5.74) is -1.66. The van der Waals surface area contributed by atoms with Crippen molar-refractivity contribution in [2.45, 2.75) is 37.5 Å². The number of nitrogens with one attached hydrogen (secondary N) is 2. The van der Waals surface area contributed by atoms with Crippen molar-refractivity contribution >= 4 is 23.1 Å². The summed E-state index contributed by atoms with van der Waals surface area (Å²) in [6.07, 6.45) is -8.66. The van der Waals surface area contributed by atoms with Crippen LogP contribution in [-0.4, -0.2) is 58.6 Å². The lowest BCUT2D eigenvalue weighted by atomic mass is 10.1. The van der Waals surface area contributed by atoms with E-state index in [1.807, 2.05) is 5.32 Å². The third-order valence-corrected chi connectivity index (χ3v) is 5.43. The van der Waals surface area contributed by atoms with Gasteiger partial charge in [0.05, 0.1) is 35.8 Å². The van der Waals surface area contributed by atoms with Crippen molar-refractivity contribution in [1.29, 1.82) is 0 Å². The molecule has 1 aliphatic heterocycles. The minimum atomic E-state index is -4.89. The zero-order valence-electron chi connectivity index (χ0n) is 15.7. The van der Waals surface area contributed by atoms with Crippen molar-refractivity contribution in [2.24, 2.45) is 0 Å². The monoisotopic (exact) mass is 470 g/mol. The number of aromatic nitrogens is 2. The average Bonchev–Trinajstić information content (AvgIpc) is 3.30. The minimum absolute atomic E-state index is 0.0437. The van der Waals surface area contributed by atoms with E-state index in [4.69, 9.17) is 4.74 Å². The van der Waals surface area contributed by atoms with E-state index < -0.39 is 53.4 Å². The van der Waals surface area contributed by atoms with E-state index in [1.54, 1.807) is 0 Å². The van der Waals surface area contributed by atoms with Gasteiger partial charge in [0.2, 0.25) is 0 Å². The van der Waals surface area contributed by atoms with E-state index in [9.17, 15) is 36.2 Å². The molecule has 0 bridgehead atoms. The number of aliphatic hydroxyl groups excluding tert-OH is 1. The van der Waals surface area contributed by atoms with Gasteiger partial charge in [-0.2, -0.15) is 26.3 Å². The number of carbonyl (C=O) groups is 1. The van der Waals surface area contributed by atoms with E-state index >= 15 is 0 Å². The van der Waals surface area contributed by atoms with Crippen molar-refractivity contribution in [2.75, 3.05) is 18.5 Å². The van der Waals surface area contributed by atoms with Crippen molar-refractivity contribution in [3.8, 4) is 10.4 Å². The molecule has 2 aromatic rings. The van der Waals surface area contributed by atoms with Crippen molar-refractivity contribution in [3.05, 3.63) is 29.0 Å². The number of aliphatic hydroxyl groups is 1. The molecular formula is C17H16F6N4O3S. The molecule has 31 heavy (non-hydrogen) atoms. The molecule has 0 saturated carbocycles. The first-order chi connectivity index (χ1) is 14.4. The minimum Gasteiger partial charge on any atom is -0.388 e. The van der Waals surface area contributed by atoms with Gasteiger partial charge in [0.25, 0.3) is 5.91 Å². The highest BCUT2D eigenvalue weighted by Gasteiger charge is 2.38. The highest BCUT2D eigenvalue weighted by Crippen LogP contribution is 2.40. The Labute approximate surface area is 175 Å². The molecular weight excluding hydrogens is 454 g/mol. The van der Waals surface area contributed by atoms with E-state index in [2.05, 4.69) is 15.3 Å². The first-order valence-corrected chi connectivity index (χ1v) is 9.61. The van der Waals surface area contributed by atoms with Crippen LogP contribution in [0.5, 0.6) is 0 Å². The summed E-state index contributed by atoms with van der Waals surface area (Å²) in [6, 6.07) is -2.31. The molecule has 0 unspecified atom stereocenters. The number of anilines is 1. The molecule has 0 aromatic carbocycles. The van der Waals surface area contributed by atoms with Crippen LogP contribution in [0.4, 0.5) is 32.2 Å². The predicted octanol–water partition coefficient (Wildman–Crippen LogP) is 3.08. The summed E-state index contributed by atoms with van der Waals surface area (Å²) >= 11 is 0.647. The Kier molecular flexibility index (Phi) is 6.43. The second-order valence-electron chi connectivity index (χ2n) is 6.73. The van der Waals surface area contributed by atoms with Gasteiger partial charge in [-0.25, -0.2) is 9.97 Å². The van der Waals surface area contributed by atoms with Gasteiger partial charge in [-0.05, 0) is 13.0 Å². The lowest BCUT2D eigenvalue weighted by molar-refractivity contribution is -0.138. The predicted molar refractivity (Wildman–Crippen MR) is 97.6 cm³/mol. The Morgan fingerprint density at radius 2 is 1.94 bits per heavy atom. The van der Waals surface area contributed by atoms with Crippen molar-refractivity contribution < 1.29 is 41.0 Å². The molecule has 0 spiro atoms. The smallest absolute Gasteiger partial charge is 0.388 e. The lowest BCUT2D eigenvalue weighted by Gasteiger charge is -2.19. The quantitative estimate of drug-likeness (QED) is 0.582. The number of alkyl halides is 6. The van der Waals surface area contributed by atoms with Crippen molar-refractivity contribution in [1.82, 2.24) is 15.3 Å². The zero-order valence-corrected chi connectivity index (χ0v) is 16.5. The van der Waals surface area contributed by atoms with Gasteiger partial charge in [0.1, 0.15) is 11.9 Å². The van der Waals surface area contributed by atoms with E-state index in [0.29, 0.717) is 17.4 Å². The summed E-state index contributed by atoms with van der Waals surface area (Å²) in [7, 11) is 0. The molecule has 170 valence electrons. The Bertz CT molecular complexity index is 949. The topological polar surface area (TPSA) is 96.4 Å². The Morgan fingerprint density at radius 1 is 1.23 bits per heavy atom. The number of halogens is 6. The molecule has 3 heterocycles. The Morgan fingerprint density at radius 3 is 2.52 bits per heavy atom. The summed E-state index contributed by atoms with van der Waals surface area (Å²) in [5, 5.41) is 13.9. The zero-order chi connectivity index (χ0) is 23.0. The highest BCUT2D eigenvalue weighted by molar-refractivity contribution is 7.17. The first kappa shape index (κ1) is 23.2. The van der Waals surface area contributed by atoms with Crippen LogP contribution < -0.4 is 10.6 Å². The van der Waals surface area contributed by atoms with Crippen LogP contribution in [-0.2, 0) is 10.9 Å². The van der Waals surface area contributed by atoms with Crippen LogP contribution in [0.3, 0.4) is 0 Å². The molecule has 1 fully saturated rings. The maximum absolute atomic E-state index is 13.5. The number of carbonyl (C=O) groups excluding carboxylic acids is 1. The third-order valence-electron chi connectivity index (χ3n) is 4.40. The van der Waals surface area contributed by atoms with Gasteiger partial charge in [-0.1, -0.05) is 0 Å². The molecule has 3 N–H and O–H groups in total. The number of nitrogens with zero attached hydrogens (tertiary/aromatic N) is 2. The summed E-state index contributed by atoms with van der Waals surface area (Å²) in [5.74, 6) is -1.30. The maximum atomic E-state index is 13.5. The third kappa shape index (κ3) is 5.43. The number of hydrogen-bond donors (Lipinski definition) is 3. The van der Waals surface area contributed by atoms with Crippen LogP contribution in [0.15, 0.2) is 18.5 Å².